The molecule has 1 saturated heterocycles. The van der Waals surface area contributed by atoms with Crippen LogP contribution in [0.2, 0.25) is 0 Å². The number of carbonyl (C=O) groups excluding carboxylic acids is 1. The topological polar surface area (TPSA) is 55.8 Å². The second kappa shape index (κ2) is 3.61. The van der Waals surface area contributed by atoms with Crippen molar-refractivity contribution in [1.29, 1.82) is 0 Å². The molecule has 1 aliphatic carbocycles. The van der Waals surface area contributed by atoms with Crippen molar-refractivity contribution in [1.82, 2.24) is 0 Å². The molecule has 0 spiro atoms. The standard InChI is InChI=1S/C11H16O4/c1-11(2)14-6-7(15-11)5-8-9(12)3-4-10(8)13/h7,12H,3-6H2,1-2H3/t7-/m0/s1. The molecule has 0 bridgehead atoms. The molecule has 84 valence electrons. The Morgan fingerprint density at radius 2 is 2.20 bits per heavy atom. The van der Waals surface area contributed by atoms with Crippen molar-refractivity contribution in [3.05, 3.63) is 11.3 Å². The average molecular weight is 212 g/mol. The summed E-state index contributed by atoms with van der Waals surface area (Å²) in [5.74, 6) is -0.295. The minimum atomic E-state index is -0.567. The highest BCUT2D eigenvalue weighted by Gasteiger charge is 2.35. The largest absolute Gasteiger partial charge is 0.512 e. The summed E-state index contributed by atoms with van der Waals surface area (Å²) in [5, 5.41) is 9.51. The van der Waals surface area contributed by atoms with Crippen LogP contribution in [-0.4, -0.2) is 29.4 Å². The van der Waals surface area contributed by atoms with Crippen molar-refractivity contribution in [3.8, 4) is 0 Å². The van der Waals surface area contributed by atoms with Crippen molar-refractivity contribution in [3.63, 3.8) is 0 Å². The first-order valence-electron chi connectivity index (χ1n) is 5.24. The molecule has 2 rings (SSSR count). The van der Waals surface area contributed by atoms with Crippen molar-refractivity contribution < 1.29 is 19.4 Å². The van der Waals surface area contributed by atoms with E-state index in [-0.39, 0.29) is 17.6 Å². The predicted molar refractivity (Wildman–Crippen MR) is 53.4 cm³/mol. The van der Waals surface area contributed by atoms with Crippen molar-refractivity contribution in [2.24, 2.45) is 0 Å². The highest BCUT2D eigenvalue weighted by atomic mass is 16.7. The summed E-state index contributed by atoms with van der Waals surface area (Å²) >= 11 is 0. The van der Waals surface area contributed by atoms with E-state index >= 15 is 0 Å². The van der Waals surface area contributed by atoms with Gasteiger partial charge < -0.3 is 14.6 Å². The fraction of sp³-hybridized carbons (Fsp3) is 0.727. The van der Waals surface area contributed by atoms with Gasteiger partial charge in [-0.05, 0) is 13.8 Å². The number of carbonyl (C=O) groups is 1. The molecule has 0 unspecified atom stereocenters. The Labute approximate surface area is 88.9 Å². The van der Waals surface area contributed by atoms with E-state index < -0.39 is 5.79 Å². The number of rotatable bonds is 2. The van der Waals surface area contributed by atoms with Crippen molar-refractivity contribution in [2.45, 2.75) is 45.0 Å². The van der Waals surface area contributed by atoms with Gasteiger partial charge in [0.15, 0.2) is 11.6 Å². The Morgan fingerprint density at radius 3 is 2.67 bits per heavy atom. The van der Waals surface area contributed by atoms with Gasteiger partial charge in [0.05, 0.1) is 18.5 Å². The fourth-order valence-corrected chi connectivity index (χ4v) is 2.02. The third-order valence-corrected chi connectivity index (χ3v) is 2.77. The van der Waals surface area contributed by atoms with Gasteiger partial charge in [-0.15, -0.1) is 0 Å². The van der Waals surface area contributed by atoms with Crippen LogP contribution in [0.4, 0.5) is 0 Å². The van der Waals surface area contributed by atoms with Gasteiger partial charge in [0.25, 0.3) is 0 Å². The van der Waals surface area contributed by atoms with E-state index in [2.05, 4.69) is 0 Å². The quantitative estimate of drug-likeness (QED) is 0.757. The van der Waals surface area contributed by atoms with E-state index in [0.29, 0.717) is 31.4 Å². The molecule has 15 heavy (non-hydrogen) atoms. The van der Waals surface area contributed by atoms with Gasteiger partial charge in [0.2, 0.25) is 0 Å². The van der Waals surface area contributed by atoms with Crippen LogP contribution in [0, 0.1) is 0 Å². The van der Waals surface area contributed by atoms with Gasteiger partial charge >= 0.3 is 0 Å². The second-order valence-corrected chi connectivity index (χ2v) is 4.50. The smallest absolute Gasteiger partial charge is 0.163 e. The molecule has 1 atom stereocenters. The van der Waals surface area contributed by atoms with Crippen LogP contribution in [0.1, 0.15) is 33.1 Å². The summed E-state index contributed by atoms with van der Waals surface area (Å²) in [5.41, 5.74) is 0.529. The summed E-state index contributed by atoms with van der Waals surface area (Å²) in [7, 11) is 0. The van der Waals surface area contributed by atoms with Crippen LogP contribution in [0.5, 0.6) is 0 Å². The molecule has 0 aromatic heterocycles. The van der Waals surface area contributed by atoms with Crippen LogP contribution in [0.3, 0.4) is 0 Å². The number of allylic oxidation sites excluding steroid dienone is 1. The van der Waals surface area contributed by atoms with Crippen LogP contribution in [0.15, 0.2) is 11.3 Å². The van der Waals surface area contributed by atoms with E-state index in [4.69, 9.17) is 9.47 Å². The molecule has 2 aliphatic rings. The maximum atomic E-state index is 11.4. The molecule has 0 amide bonds. The van der Waals surface area contributed by atoms with Crippen molar-refractivity contribution in [2.75, 3.05) is 6.61 Å². The third-order valence-electron chi connectivity index (χ3n) is 2.77. The van der Waals surface area contributed by atoms with Gasteiger partial charge in [-0.3, -0.25) is 4.79 Å². The summed E-state index contributed by atoms with van der Waals surface area (Å²) in [6, 6.07) is 0. The minimum absolute atomic E-state index is 0.0424. The number of hydrogen-bond donors (Lipinski definition) is 1. The van der Waals surface area contributed by atoms with Gasteiger partial charge in [0, 0.05) is 24.8 Å². The Balaban J connectivity index is 1.99. The zero-order valence-electron chi connectivity index (χ0n) is 9.08. The Kier molecular flexibility index (Phi) is 2.56. The number of Topliss-reactive ketones (excluding diaryl/α,β-unsaturated/α-hetero) is 1. The van der Waals surface area contributed by atoms with E-state index in [0.717, 1.165) is 0 Å². The van der Waals surface area contributed by atoms with Gasteiger partial charge in [-0.2, -0.15) is 0 Å². The van der Waals surface area contributed by atoms with Crippen molar-refractivity contribution >= 4 is 5.78 Å². The average Bonchev–Trinajstić information content (AvgIpc) is 2.63. The molecule has 1 aliphatic heterocycles. The SMILES string of the molecule is CC1(C)OC[C@H](CC2=C(O)CCC2=O)O1. The molecule has 4 nitrogen and oxygen atoms in total. The van der Waals surface area contributed by atoms with Crippen LogP contribution in [-0.2, 0) is 14.3 Å². The van der Waals surface area contributed by atoms with Crippen LogP contribution < -0.4 is 0 Å². The Bertz CT molecular complexity index is 317. The molecular weight excluding hydrogens is 196 g/mol. The molecule has 0 saturated carbocycles. The van der Waals surface area contributed by atoms with E-state index in [9.17, 15) is 9.90 Å². The zero-order chi connectivity index (χ0) is 11.1. The number of hydrogen-bond acceptors (Lipinski definition) is 4. The highest BCUT2D eigenvalue weighted by molar-refractivity contribution is 5.98. The summed E-state index contributed by atoms with van der Waals surface area (Å²) in [6.07, 6.45) is 1.26. The summed E-state index contributed by atoms with van der Waals surface area (Å²) in [4.78, 5) is 11.4. The highest BCUT2D eigenvalue weighted by Crippen LogP contribution is 2.30. The first-order valence-corrected chi connectivity index (χ1v) is 5.24. The van der Waals surface area contributed by atoms with E-state index in [1.807, 2.05) is 13.8 Å². The molecular formula is C11H16O4. The molecule has 4 heteroatoms. The first kappa shape index (κ1) is 10.6. The minimum Gasteiger partial charge on any atom is -0.512 e. The monoisotopic (exact) mass is 212 g/mol. The predicted octanol–water partition coefficient (Wildman–Crippen LogP) is 1.70. The normalized spacial score (nSPS) is 30.3. The van der Waals surface area contributed by atoms with Crippen LogP contribution in [0.25, 0.3) is 0 Å². The number of aliphatic hydroxyl groups excluding tert-OH is 1. The van der Waals surface area contributed by atoms with Crippen LogP contribution >= 0.6 is 0 Å². The zero-order valence-corrected chi connectivity index (χ0v) is 9.08. The lowest BCUT2D eigenvalue weighted by atomic mass is 10.1. The number of ketones is 1. The lowest BCUT2D eigenvalue weighted by molar-refractivity contribution is -0.138. The molecule has 0 aromatic carbocycles. The Hall–Kier alpha value is -0.870. The lowest BCUT2D eigenvalue weighted by Gasteiger charge is -2.17. The molecule has 1 fully saturated rings. The molecule has 0 radical (unpaired) electrons. The maximum Gasteiger partial charge on any atom is 0.163 e. The molecule has 0 aromatic rings. The molecule has 1 heterocycles. The Morgan fingerprint density at radius 1 is 1.47 bits per heavy atom. The number of aliphatic hydroxyl groups is 1. The fourth-order valence-electron chi connectivity index (χ4n) is 2.02. The van der Waals surface area contributed by atoms with E-state index in [1.54, 1.807) is 0 Å². The summed E-state index contributed by atoms with van der Waals surface area (Å²) in [6.45, 7) is 4.17. The first-order chi connectivity index (χ1) is 6.98. The lowest BCUT2D eigenvalue weighted by Crippen LogP contribution is -2.22. The molecule has 1 N–H and O–H groups in total. The van der Waals surface area contributed by atoms with Gasteiger partial charge in [-0.25, -0.2) is 0 Å². The number of ether oxygens (including phenoxy) is 2. The van der Waals surface area contributed by atoms with Gasteiger partial charge in [0.1, 0.15) is 0 Å². The van der Waals surface area contributed by atoms with E-state index in [1.165, 1.54) is 0 Å². The second-order valence-electron chi connectivity index (χ2n) is 4.50. The maximum absolute atomic E-state index is 11.4. The third kappa shape index (κ3) is 2.21. The van der Waals surface area contributed by atoms with Gasteiger partial charge in [-0.1, -0.05) is 0 Å². The summed E-state index contributed by atoms with van der Waals surface area (Å²) < 4.78 is 11.0.